The second kappa shape index (κ2) is 4.70. The van der Waals surface area contributed by atoms with E-state index in [1.807, 2.05) is 12.4 Å². The Morgan fingerprint density at radius 1 is 1.56 bits per heavy atom. The third kappa shape index (κ3) is 2.44. The Morgan fingerprint density at radius 3 is 3.00 bits per heavy atom. The molecule has 0 aliphatic carbocycles. The molecular formula is C12H20N4. The number of pyridine rings is 1. The smallest absolute Gasteiger partial charge is 0.0766 e. The third-order valence-corrected chi connectivity index (χ3v) is 2.81. The number of nitrogens with zero attached hydrogens (tertiary/aromatic N) is 2. The Morgan fingerprint density at radius 2 is 2.38 bits per heavy atom. The molecule has 0 bridgehead atoms. The van der Waals surface area contributed by atoms with E-state index in [1.165, 1.54) is 5.69 Å². The van der Waals surface area contributed by atoms with Crippen LogP contribution in [0.1, 0.15) is 20.3 Å². The van der Waals surface area contributed by atoms with Gasteiger partial charge in [-0.1, -0.05) is 0 Å². The first kappa shape index (κ1) is 11.2. The van der Waals surface area contributed by atoms with Gasteiger partial charge in [-0.15, -0.1) is 0 Å². The number of anilines is 2. The van der Waals surface area contributed by atoms with Crippen LogP contribution < -0.4 is 16.0 Å². The molecule has 1 unspecified atom stereocenters. The van der Waals surface area contributed by atoms with Gasteiger partial charge in [0, 0.05) is 31.4 Å². The maximum atomic E-state index is 5.94. The Balaban J connectivity index is 2.19. The van der Waals surface area contributed by atoms with Crippen LogP contribution in [0.2, 0.25) is 0 Å². The Bertz CT molecular complexity index is 351. The minimum Gasteiger partial charge on any atom is -0.380 e. The topological polar surface area (TPSA) is 54.2 Å². The highest BCUT2D eigenvalue weighted by Crippen LogP contribution is 2.27. The molecular weight excluding hydrogens is 200 g/mol. The molecule has 3 N–H and O–H groups in total. The van der Waals surface area contributed by atoms with Gasteiger partial charge in [0.05, 0.1) is 17.6 Å². The summed E-state index contributed by atoms with van der Waals surface area (Å²) < 4.78 is 0. The number of hydrogen-bond acceptors (Lipinski definition) is 4. The van der Waals surface area contributed by atoms with Crippen molar-refractivity contribution in [2.75, 3.05) is 23.3 Å². The van der Waals surface area contributed by atoms with Crippen LogP contribution in [0.5, 0.6) is 0 Å². The summed E-state index contributed by atoms with van der Waals surface area (Å²) in [4.78, 5) is 6.50. The van der Waals surface area contributed by atoms with Crippen LogP contribution >= 0.6 is 0 Å². The molecule has 0 saturated carbocycles. The molecule has 1 saturated heterocycles. The lowest BCUT2D eigenvalue weighted by Gasteiger charge is -2.23. The van der Waals surface area contributed by atoms with Gasteiger partial charge in [-0.3, -0.25) is 4.98 Å². The van der Waals surface area contributed by atoms with Gasteiger partial charge in [0.1, 0.15) is 0 Å². The van der Waals surface area contributed by atoms with Crippen molar-refractivity contribution in [2.24, 2.45) is 5.73 Å². The van der Waals surface area contributed by atoms with Crippen LogP contribution in [0.25, 0.3) is 0 Å². The molecule has 4 heteroatoms. The predicted octanol–water partition coefficient (Wildman–Crippen LogP) is 1.44. The number of nitrogens with two attached hydrogens (primary N) is 1. The summed E-state index contributed by atoms with van der Waals surface area (Å²) in [6.07, 6.45) is 4.80. The molecule has 4 nitrogen and oxygen atoms in total. The zero-order chi connectivity index (χ0) is 11.5. The van der Waals surface area contributed by atoms with Crippen LogP contribution in [0.4, 0.5) is 11.4 Å². The summed E-state index contributed by atoms with van der Waals surface area (Å²) in [6.45, 7) is 6.24. The van der Waals surface area contributed by atoms with Crippen molar-refractivity contribution >= 4 is 11.4 Å². The molecule has 88 valence electrons. The van der Waals surface area contributed by atoms with E-state index in [-0.39, 0.29) is 0 Å². The Hall–Kier alpha value is -1.29. The summed E-state index contributed by atoms with van der Waals surface area (Å²) in [7, 11) is 0. The van der Waals surface area contributed by atoms with Crippen molar-refractivity contribution in [2.45, 2.75) is 32.4 Å². The molecule has 2 rings (SSSR count). The average Bonchev–Trinajstić information content (AvgIpc) is 2.65. The van der Waals surface area contributed by atoms with E-state index in [1.54, 1.807) is 0 Å². The molecule has 1 atom stereocenters. The highest BCUT2D eigenvalue weighted by atomic mass is 15.2. The number of hydrogen-bond donors (Lipinski definition) is 2. The lowest BCUT2D eigenvalue weighted by molar-refractivity contribution is 0.752. The second-order valence-corrected chi connectivity index (χ2v) is 4.69. The van der Waals surface area contributed by atoms with E-state index in [0.29, 0.717) is 12.1 Å². The fourth-order valence-corrected chi connectivity index (χ4v) is 2.09. The summed E-state index contributed by atoms with van der Waals surface area (Å²) in [5.74, 6) is 0. The maximum absolute atomic E-state index is 5.94. The van der Waals surface area contributed by atoms with Gasteiger partial charge < -0.3 is 16.0 Å². The summed E-state index contributed by atoms with van der Waals surface area (Å²) in [5, 5.41) is 3.42. The van der Waals surface area contributed by atoms with E-state index in [0.717, 1.165) is 25.2 Å². The Kier molecular flexibility index (Phi) is 3.29. The normalized spacial score (nSPS) is 20.5. The lowest BCUT2D eigenvalue weighted by Crippen LogP contribution is -2.27. The van der Waals surface area contributed by atoms with Gasteiger partial charge >= 0.3 is 0 Å². The molecule has 1 aliphatic heterocycles. The van der Waals surface area contributed by atoms with Crippen molar-refractivity contribution in [3.8, 4) is 0 Å². The molecule has 1 aromatic rings. The summed E-state index contributed by atoms with van der Waals surface area (Å²) in [5.41, 5.74) is 8.26. The fraction of sp³-hybridized carbons (Fsp3) is 0.583. The largest absolute Gasteiger partial charge is 0.380 e. The van der Waals surface area contributed by atoms with Gasteiger partial charge in [0.25, 0.3) is 0 Å². The summed E-state index contributed by atoms with van der Waals surface area (Å²) in [6, 6.07) is 2.78. The SMILES string of the molecule is CC(C)Nc1cnccc1N1CCC(N)C1. The van der Waals surface area contributed by atoms with Crippen LogP contribution in [0.15, 0.2) is 18.5 Å². The van der Waals surface area contributed by atoms with Gasteiger partial charge in [0.15, 0.2) is 0 Å². The maximum Gasteiger partial charge on any atom is 0.0766 e. The van der Waals surface area contributed by atoms with Crippen molar-refractivity contribution in [3.05, 3.63) is 18.5 Å². The molecule has 0 aromatic carbocycles. The number of aromatic nitrogens is 1. The highest BCUT2D eigenvalue weighted by Gasteiger charge is 2.21. The van der Waals surface area contributed by atoms with Gasteiger partial charge in [-0.2, -0.15) is 0 Å². The Labute approximate surface area is 96.8 Å². The number of nitrogens with one attached hydrogen (secondary N) is 1. The van der Waals surface area contributed by atoms with Crippen LogP contribution in [-0.2, 0) is 0 Å². The second-order valence-electron chi connectivity index (χ2n) is 4.69. The van der Waals surface area contributed by atoms with Gasteiger partial charge in [-0.05, 0) is 26.3 Å². The quantitative estimate of drug-likeness (QED) is 0.809. The molecule has 0 amide bonds. The van der Waals surface area contributed by atoms with Crippen LogP contribution in [0, 0.1) is 0 Å². The molecule has 2 heterocycles. The first-order chi connectivity index (χ1) is 7.66. The molecule has 1 fully saturated rings. The van der Waals surface area contributed by atoms with E-state index >= 15 is 0 Å². The van der Waals surface area contributed by atoms with Crippen LogP contribution in [-0.4, -0.2) is 30.2 Å². The molecule has 16 heavy (non-hydrogen) atoms. The van der Waals surface area contributed by atoms with E-state index in [4.69, 9.17) is 5.73 Å². The lowest BCUT2D eigenvalue weighted by atomic mass is 10.3. The highest BCUT2D eigenvalue weighted by molar-refractivity contribution is 5.69. The van der Waals surface area contributed by atoms with Crippen molar-refractivity contribution < 1.29 is 0 Å². The standard InChI is InChI=1S/C12H20N4/c1-9(2)15-11-7-14-5-3-12(11)16-6-4-10(13)8-16/h3,5,7,9-10,15H,4,6,8,13H2,1-2H3. The molecule has 0 spiro atoms. The van der Waals surface area contributed by atoms with Crippen molar-refractivity contribution in [1.29, 1.82) is 0 Å². The molecule has 1 aromatic heterocycles. The predicted molar refractivity (Wildman–Crippen MR) is 67.8 cm³/mol. The summed E-state index contributed by atoms with van der Waals surface area (Å²) >= 11 is 0. The van der Waals surface area contributed by atoms with Crippen molar-refractivity contribution in [3.63, 3.8) is 0 Å². The zero-order valence-electron chi connectivity index (χ0n) is 9.98. The van der Waals surface area contributed by atoms with E-state index in [9.17, 15) is 0 Å². The van der Waals surface area contributed by atoms with Gasteiger partial charge in [0.2, 0.25) is 0 Å². The van der Waals surface area contributed by atoms with Crippen LogP contribution in [0.3, 0.4) is 0 Å². The van der Waals surface area contributed by atoms with Gasteiger partial charge in [-0.25, -0.2) is 0 Å². The fourth-order valence-electron chi connectivity index (χ4n) is 2.09. The zero-order valence-corrected chi connectivity index (χ0v) is 9.98. The average molecular weight is 220 g/mol. The minimum atomic E-state index is 0.306. The third-order valence-electron chi connectivity index (χ3n) is 2.81. The molecule has 0 radical (unpaired) electrons. The first-order valence-corrected chi connectivity index (χ1v) is 5.88. The van der Waals surface area contributed by atoms with E-state index < -0.39 is 0 Å². The minimum absolute atomic E-state index is 0.306. The monoisotopic (exact) mass is 220 g/mol. The molecule has 1 aliphatic rings. The van der Waals surface area contributed by atoms with E-state index in [2.05, 4.69) is 35.1 Å². The first-order valence-electron chi connectivity index (χ1n) is 5.88. The van der Waals surface area contributed by atoms with Crippen molar-refractivity contribution in [1.82, 2.24) is 4.98 Å². The number of rotatable bonds is 3.